The van der Waals surface area contributed by atoms with E-state index in [1.807, 2.05) is 6.92 Å². The van der Waals surface area contributed by atoms with Crippen molar-refractivity contribution in [2.24, 2.45) is 5.10 Å². The molecule has 0 saturated carbocycles. The third-order valence-electron chi connectivity index (χ3n) is 4.40. The Labute approximate surface area is 202 Å². The van der Waals surface area contributed by atoms with Gasteiger partial charge in [-0.15, -0.1) is 0 Å². The van der Waals surface area contributed by atoms with Gasteiger partial charge in [0.1, 0.15) is 12.3 Å². The van der Waals surface area contributed by atoms with Gasteiger partial charge in [0.2, 0.25) is 0 Å². The van der Waals surface area contributed by atoms with Gasteiger partial charge in [-0.2, -0.15) is 5.10 Å². The number of rotatable bonds is 9. The third-order valence-corrected chi connectivity index (χ3v) is 6.93. The van der Waals surface area contributed by atoms with Crippen LogP contribution in [0.2, 0.25) is 10.0 Å². The molecule has 0 heterocycles. The Hall–Kier alpha value is -3.07. The van der Waals surface area contributed by atoms with Crippen LogP contribution in [0.1, 0.15) is 12.5 Å². The predicted molar refractivity (Wildman–Crippen MR) is 131 cm³/mol. The van der Waals surface area contributed by atoms with E-state index in [2.05, 4.69) is 10.5 Å². The average Bonchev–Trinajstić information content (AvgIpc) is 2.81. The van der Waals surface area contributed by atoms with Gasteiger partial charge >= 0.3 is 0 Å². The van der Waals surface area contributed by atoms with E-state index in [0.29, 0.717) is 6.61 Å². The van der Waals surface area contributed by atoms with Gasteiger partial charge in [-0.1, -0.05) is 41.4 Å². The highest BCUT2D eigenvalue weighted by Crippen LogP contribution is 2.30. The normalized spacial score (nSPS) is 11.4. The molecule has 3 aromatic carbocycles. The molecule has 172 valence electrons. The first kappa shape index (κ1) is 24.6. The Morgan fingerprint density at radius 1 is 1.03 bits per heavy atom. The SMILES string of the molecule is CCOc1ccc(/C=N\NC(=O)CN(c2ccc(Cl)c(Cl)c2)S(=O)(=O)c2ccccc2)cc1. The van der Waals surface area contributed by atoms with Gasteiger partial charge in [-0.25, -0.2) is 13.8 Å². The fourth-order valence-corrected chi connectivity index (χ4v) is 4.56. The number of carbonyl (C=O) groups excluding carboxylic acids is 1. The summed E-state index contributed by atoms with van der Waals surface area (Å²) < 4.78 is 32.9. The summed E-state index contributed by atoms with van der Waals surface area (Å²) in [7, 11) is -4.06. The van der Waals surface area contributed by atoms with Gasteiger partial charge in [-0.05, 0) is 67.1 Å². The highest BCUT2D eigenvalue weighted by atomic mass is 35.5. The molecule has 0 aliphatic heterocycles. The maximum Gasteiger partial charge on any atom is 0.264 e. The number of halogens is 2. The first-order valence-corrected chi connectivity index (χ1v) is 12.1. The van der Waals surface area contributed by atoms with Crippen LogP contribution in [0.4, 0.5) is 5.69 Å². The maximum atomic E-state index is 13.3. The molecular formula is C23H21Cl2N3O4S. The first-order valence-electron chi connectivity index (χ1n) is 9.89. The second-order valence-electron chi connectivity index (χ2n) is 6.72. The molecule has 1 N–H and O–H groups in total. The Morgan fingerprint density at radius 2 is 1.73 bits per heavy atom. The van der Waals surface area contributed by atoms with Crippen molar-refractivity contribution in [2.75, 3.05) is 17.5 Å². The molecule has 0 aliphatic carbocycles. The van der Waals surface area contributed by atoms with Gasteiger partial charge in [0.05, 0.1) is 33.4 Å². The number of amides is 1. The van der Waals surface area contributed by atoms with Crippen LogP contribution in [0.5, 0.6) is 5.75 Å². The third kappa shape index (κ3) is 6.47. The van der Waals surface area contributed by atoms with Crippen LogP contribution < -0.4 is 14.5 Å². The van der Waals surface area contributed by atoms with Crippen molar-refractivity contribution in [3.8, 4) is 5.75 Å². The zero-order valence-corrected chi connectivity index (χ0v) is 19.9. The lowest BCUT2D eigenvalue weighted by molar-refractivity contribution is -0.119. The first-order chi connectivity index (χ1) is 15.8. The summed E-state index contributed by atoms with van der Waals surface area (Å²) >= 11 is 12.1. The number of ether oxygens (including phenoxy) is 1. The van der Waals surface area contributed by atoms with E-state index in [1.165, 1.54) is 36.5 Å². The summed E-state index contributed by atoms with van der Waals surface area (Å²) in [6.45, 7) is 1.94. The maximum absolute atomic E-state index is 13.3. The van der Waals surface area contributed by atoms with Crippen LogP contribution >= 0.6 is 23.2 Å². The van der Waals surface area contributed by atoms with Crippen molar-refractivity contribution in [2.45, 2.75) is 11.8 Å². The molecule has 10 heteroatoms. The smallest absolute Gasteiger partial charge is 0.264 e. The Morgan fingerprint density at radius 3 is 2.36 bits per heavy atom. The van der Waals surface area contributed by atoms with Crippen molar-refractivity contribution >= 4 is 51.0 Å². The second-order valence-corrected chi connectivity index (χ2v) is 9.40. The van der Waals surface area contributed by atoms with E-state index in [9.17, 15) is 13.2 Å². The summed E-state index contributed by atoms with van der Waals surface area (Å²) in [5, 5.41) is 4.35. The molecule has 0 bridgehead atoms. The number of anilines is 1. The van der Waals surface area contributed by atoms with Crippen LogP contribution in [0.25, 0.3) is 0 Å². The number of nitrogens with zero attached hydrogens (tertiary/aromatic N) is 2. The molecule has 3 rings (SSSR count). The van der Waals surface area contributed by atoms with Gasteiger partial charge < -0.3 is 4.74 Å². The summed E-state index contributed by atoms with van der Waals surface area (Å²) in [5.74, 6) is 0.0878. The van der Waals surface area contributed by atoms with Crippen molar-refractivity contribution in [1.82, 2.24) is 5.43 Å². The van der Waals surface area contributed by atoms with Crippen LogP contribution in [-0.4, -0.2) is 33.7 Å². The molecule has 0 saturated heterocycles. The topological polar surface area (TPSA) is 88.1 Å². The Balaban J connectivity index is 1.79. The van der Waals surface area contributed by atoms with Crippen LogP contribution in [-0.2, 0) is 14.8 Å². The van der Waals surface area contributed by atoms with Crippen molar-refractivity contribution < 1.29 is 17.9 Å². The number of hydrogen-bond acceptors (Lipinski definition) is 5. The minimum Gasteiger partial charge on any atom is -0.494 e. The van der Waals surface area contributed by atoms with Crippen LogP contribution in [0.15, 0.2) is 82.8 Å². The fourth-order valence-electron chi connectivity index (χ4n) is 2.84. The molecule has 3 aromatic rings. The van der Waals surface area contributed by atoms with E-state index in [0.717, 1.165) is 15.6 Å². The van der Waals surface area contributed by atoms with E-state index in [4.69, 9.17) is 27.9 Å². The number of sulfonamides is 1. The summed E-state index contributed by atoms with van der Waals surface area (Å²) in [4.78, 5) is 12.6. The lowest BCUT2D eigenvalue weighted by Gasteiger charge is -2.24. The fraction of sp³-hybridized carbons (Fsp3) is 0.130. The lowest BCUT2D eigenvalue weighted by Crippen LogP contribution is -2.39. The van der Waals surface area contributed by atoms with Crippen LogP contribution in [0, 0.1) is 0 Å². The minimum atomic E-state index is -4.06. The minimum absolute atomic E-state index is 0.0294. The predicted octanol–water partition coefficient (Wildman–Crippen LogP) is 4.74. The molecule has 0 atom stereocenters. The van der Waals surface area contributed by atoms with Crippen molar-refractivity contribution in [1.29, 1.82) is 0 Å². The average molecular weight is 506 g/mol. The number of hydrogen-bond donors (Lipinski definition) is 1. The number of nitrogens with one attached hydrogen (secondary N) is 1. The lowest BCUT2D eigenvalue weighted by atomic mass is 10.2. The number of benzene rings is 3. The standard InChI is InChI=1S/C23H21Cl2N3O4S/c1-2-32-19-11-8-17(9-12-19)15-26-27-23(29)16-28(18-10-13-21(24)22(25)14-18)33(30,31)20-6-4-3-5-7-20/h3-15H,2,16H2,1H3,(H,27,29)/b26-15-. The van der Waals surface area contributed by atoms with Crippen molar-refractivity contribution in [3.05, 3.63) is 88.4 Å². The Bertz CT molecular complexity index is 1230. The summed E-state index contributed by atoms with van der Waals surface area (Å²) in [5.41, 5.74) is 3.28. The van der Waals surface area contributed by atoms with Gasteiger partial charge in [0.15, 0.2) is 0 Å². The molecule has 1 amide bonds. The molecule has 0 aromatic heterocycles. The van der Waals surface area contributed by atoms with Gasteiger partial charge in [-0.3, -0.25) is 9.10 Å². The number of carbonyl (C=O) groups is 1. The number of hydrazone groups is 1. The summed E-state index contributed by atoms with van der Waals surface area (Å²) in [6.07, 6.45) is 1.45. The molecule has 0 spiro atoms. The molecule has 7 nitrogen and oxygen atoms in total. The van der Waals surface area contributed by atoms with E-state index < -0.39 is 22.5 Å². The molecule has 0 aliphatic rings. The van der Waals surface area contributed by atoms with Gasteiger partial charge in [0, 0.05) is 0 Å². The Kier molecular flexibility index (Phi) is 8.32. The van der Waals surface area contributed by atoms with E-state index in [-0.39, 0.29) is 20.6 Å². The largest absolute Gasteiger partial charge is 0.494 e. The molecule has 0 radical (unpaired) electrons. The molecule has 33 heavy (non-hydrogen) atoms. The second kappa shape index (κ2) is 11.2. The van der Waals surface area contributed by atoms with Gasteiger partial charge in [0.25, 0.3) is 15.9 Å². The summed E-state index contributed by atoms with van der Waals surface area (Å²) in [6, 6.07) is 19.2. The zero-order valence-electron chi connectivity index (χ0n) is 17.6. The van der Waals surface area contributed by atoms with E-state index in [1.54, 1.807) is 42.5 Å². The van der Waals surface area contributed by atoms with E-state index >= 15 is 0 Å². The molecule has 0 unspecified atom stereocenters. The monoisotopic (exact) mass is 505 g/mol. The highest BCUT2D eigenvalue weighted by molar-refractivity contribution is 7.92. The quantitative estimate of drug-likeness (QED) is 0.336. The molecule has 0 fully saturated rings. The highest BCUT2D eigenvalue weighted by Gasteiger charge is 2.27. The molecular weight excluding hydrogens is 485 g/mol. The van der Waals surface area contributed by atoms with Crippen molar-refractivity contribution in [3.63, 3.8) is 0 Å². The van der Waals surface area contributed by atoms with Crippen LogP contribution in [0.3, 0.4) is 0 Å². The zero-order chi connectivity index (χ0) is 23.8.